The van der Waals surface area contributed by atoms with Gasteiger partial charge in [0.2, 0.25) is 0 Å². The van der Waals surface area contributed by atoms with E-state index >= 15 is 0 Å². The fourth-order valence-corrected chi connectivity index (χ4v) is 5.69. The Bertz CT molecular complexity index is 1010. The molecule has 26 heavy (non-hydrogen) atoms. The predicted molar refractivity (Wildman–Crippen MR) is 104 cm³/mol. The first-order valence-electron chi connectivity index (χ1n) is 8.32. The maximum absolute atomic E-state index is 12.5. The van der Waals surface area contributed by atoms with Crippen molar-refractivity contribution in [2.24, 2.45) is 0 Å². The summed E-state index contributed by atoms with van der Waals surface area (Å²) < 4.78 is 50.6. The van der Waals surface area contributed by atoms with E-state index in [1.807, 2.05) is 13.8 Å². The van der Waals surface area contributed by atoms with Gasteiger partial charge in [-0.3, -0.25) is 4.72 Å². The van der Waals surface area contributed by atoms with Gasteiger partial charge in [-0.2, -0.15) is 0 Å². The second-order valence-electron chi connectivity index (χ2n) is 6.67. The molecule has 1 aliphatic heterocycles. The van der Waals surface area contributed by atoms with E-state index in [2.05, 4.69) is 10.0 Å². The third kappa shape index (κ3) is 4.37. The number of aryl methyl sites for hydroxylation is 2. The van der Waals surface area contributed by atoms with Crippen molar-refractivity contribution in [3.05, 3.63) is 53.6 Å². The second kappa shape index (κ2) is 6.92. The van der Waals surface area contributed by atoms with E-state index in [9.17, 15) is 16.8 Å². The minimum absolute atomic E-state index is 0.0990. The quantitative estimate of drug-likeness (QED) is 0.813. The molecule has 0 aromatic heterocycles. The molecule has 0 radical (unpaired) electrons. The van der Waals surface area contributed by atoms with E-state index in [0.717, 1.165) is 16.8 Å². The van der Waals surface area contributed by atoms with E-state index in [1.165, 1.54) is 0 Å². The highest BCUT2D eigenvalue weighted by atomic mass is 32.2. The molecule has 0 amide bonds. The van der Waals surface area contributed by atoms with Crippen molar-refractivity contribution in [1.82, 2.24) is 0 Å². The summed E-state index contributed by atoms with van der Waals surface area (Å²) >= 11 is 0. The minimum atomic E-state index is -3.65. The zero-order valence-electron chi connectivity index (χ0n) is 14.7. The molecular formula is C18H22N2O4S2. The van der Waals surface area contributed by atoms with Crippen LogP contribution in [-0.4, -0.2) is 34.4 Å². The fraction of sp³-hybridized carbons (Fsp3) is 0.333. The molecule has 1 atom stereocenters. The Morgan fingerprint density at radius 1 is 0.962 bits per heavy atom. The molecule has 1 fully saturated rings. The van der Waals surface area contributed by atoms with Crippen LogP contribution in [0.15, 0.2) is 47.4 Å². The van der Waals surface area contributed by atoms with Crippen molar-refractivity contribution < 1.29 is 16.8 Å². The van der Waals surface area contributed by atoms with Gasteiger partial charge >= 0.3 is 0 Å². The fourth-order valence-electron chi connectivity index (χ4n) is 2.87. The molecule has 2 aromatic rings. The van der Waals surface area contributed by atoms with Gasteiger partial charge < -0.3 is 5.32 Å². The Hall–Kier alpha value is -2.06. The van der Waals surface area contributed by atoms with Crippen molar-refractivity contribution in [1.29, 1.82) is 0 Å². The highest BCUT2D eigenvalue weighted by Crippen LogP contribution is 2.22. The van der Waals surface area contributed by atoms with Gasteiger partial charge in [-0.25, -0.2) is 16.8 Å². The summed E-state index contributed by atoms with van der Waals surface area (Å²) in [6.07, 6.45) is 0.587. The van der Waals surface area contributed by atoms with Crippen LogP contribution in [0.25, 0.3) is 0 Å². The first-order valence-corrected chi connectivity index (χ1v) is 11.6. The average Bonchev–Trinajstić information content (AvgIpc) is 2.90. The molecule has 1 unspecified atom stereocenters. The van der Waals surface area contributed by atoms with Crippen LogP contribution in [0.5, 0.6) is 0 Å². The van der Waals surface area contributed by atoms with Crippen molar-refractivity contribution in [2.45, 2.75) is 31.2 Å². The lowest BCUT2D eigenvalue weighted by molar-refractivity contribution is 0.599. The summed E-state index contributed by atoms with van der Waals surface area (Å²) in [4.78, 5) is 0.221. The number of sulfone groups is 1. The number of sulfonamides is 1. The molecule has 0 saturated carbocycles. The van der Waals surface area contributed by atoms with Crippen molar-refractivity contribution in [3.63, 3.8) is 0 Å². The van der Waals surface area contributed by atoms with Crippen LogP contribution in [-0.2, 0) is 19.9 Å². The lowest BCUT2D eigenvalue weighted by Crippen LogP contribution is -2.20. The lowest BCUT2D eigenvalue weighted by atomic mass is 10.1. The number of hydrogen-bond donors (Lipinski definition) is 2. The first kappa shape index (κ1) is 18.7. The standard InChI is InChI=1S/C18H22N2O4S2/c1-13-3-8-18(11-14(13)2)26(23,24)20-16-6-4-15(5-7-16)19-17-9-10-25(21,22)12-17/h3-8,11,17,19-20H,9-10,12H2,1-2H3. The molecule has 8 heteroatoms. The normalized spacial score (nSPS) is 19.2. The first-order chi connectivity index (χ1) is 12.1. The Kier molecular flexibility index (Phi) is 4.98. The van der Waals surface area contributed by atoms with Crippen LogP contribution >= 0.6 is 0 Å². The molecule has 0 aliphatic carbocycles. The summed E-state index contributed by atoms with van der Waals surface area (Å²) in [6, 6.07) is 11.7. The molecule has 3 rings (SSSR count). The highest BCUT2D eigenvalue weighted by molar-refractivity contribution is 7.92. The maximum Gasteiger partial charge on any atom is 0.261 e. The third-order valence-corrected chi connectivity index (χ3v) is 7.68. The SMILES string of the molecule is Cc1ccc(S(=O)(=O)Nc2ccc(NC3CCS(=O)(=O)C3)cc2)cc1C. The summed E-state index contributed by atoms with van der Waals surface area (Å²) in [5.74, 6) is 0.340. The second-order valence-corrected chi connectivity index (χ2v) is 10.6. The minimum Gasteiger partial charge on any atom is -0.381 e. The smallest absolute Gasteiger partial charge is 0.261 e. The summed E-state index contributed by atoms with van der Waals surface area (Å²) in [7, 11) is -6.59. The van der Waals surface area contributed by atoms with Gasteiger partial charge in [-0.1, -0.05) is 6.07 Å². The van der Waals surface area contributed by atoms with Gasteiger partial charge in [0.05, 0.1) is 16.4 Å². The number of benzene rings is 2. The van der Waals surface area contributed by atoms with Gasteiger partial charge in [-0.05, 0) is 67.8 Å². The number of rotatable bonds is 5. The molecular weight excluding hydrogens is 372 g/mol. The predicted octanol–water partition coefficient (Wildman–Crippen LogP) is 2.70. The summed E-state index contributed by atoms with van der Waals surface area (Å²) in [5.41, 5.74) is 3.17. The molecule has 1 saturated heterocycles. The highest BCUT2D eigenvalue weighted by Gasteiger charge is 2.27. The van der Waals surface area contributed by atoms with Gasteiger partial charge in [0.1, 0.15) is 0 Å². The molecule has 1 aliphatic rings. The zero-order chi connectivity index (χ0) is 18.9. The van der Waals surface area contributed by atoms with Crippen LogP contribution in [0.3, 0.4) is 0 Å². The Morgan fingerprint density at radius 3 is 2.19 bits per heavy atom. The molecule has 2 aromatic carbocycles. The van der Waals surface area contributed by atoms with Gasteiger partial charge in [-0.15, -0.1) is 0 Å². The molecule has 0 spiro atoms. The van der Waals surface area contributed by atoms with Crippen molar-refractivity contribution in [2.75, 3.05) is 21.5 Å². The number of nitrogens with one attached hydrogen (secondary N) is 2. The summed E-state index contributed by atoms with van der Waals surface area (Å²) in [6.45, 7) is 3.80. The zero-order valence-corrected chi connectivity index (χ0v) is 16.3. The largest absolute Gasteiger partial charge is 0.381 e. The van der Waals surface area contributed by atoms with E-state index in [1.54, 1.807) is 42.5 Å². The lowest BCUT2D eigenvalue weighted by Gasteiger charge is -2.14. The molecule has 140 valence electrons. The van der Waals surface area contributed by atoms with E-state index in [4.69, 9.17) is 0 Å². The molecule has 0 bridgehead atoms. The third-order valence-electron chi connectivity index (χ3n) is 4.53. The van der Waals surface area contributed by atoms with Crippen molar-refractivity contribution in [3.8, 4) is 0 Å². The number of hydrogen-bond acceptors (Lipinski definition) is 5. The van der Waals surface area contributed by atoms with E-state index in [0.29, 0.717) is 12.1 Å². The van der Waals surface area contributed by atoms with E-state index in [-0.39, 0.29) is 22.4 Å². The Morgan fingerprint density at radius 2 is 1.62 bits per heavy atom. The van der Waals surface area contributed by atoms with E-state index < -0.39 is 19.9 Å². The number of anilines is 2. The van der Waals surface area contributed by atoms with Gasteiger partial charge in [0.15, 0.2) is 9.84 Å². The van der Waals surface area contributed by atoms with Gasteiger partial charge in [0, 0.05) is 17.4 Å². The van der Waals surface area contributed by atoms with Crippen LogP contribution in [0.4, 0.5) is 11.4 Å². The van der Waals surface area contributed by atoms with Gasteiger partial charge in [0.25, 0.3) is 10.0 Å². The van der Waals surface area contributed by atoms with Crippen LogP contribution in [0.1, 0.15) is 17.5 Å². The Balaban J connectivity index is 1.69. The molecule has 6 nitrogen and oxygen atoms in total. The average molecular weight is 395 g/mol. The summed E-state index contributed by atoms with van der Waals surface area (Å²) in [5, 5.41) is 3.18. The molecule has 2 N–H and O–H groups in total. The maximum atomic E-state index is 12.5. The van der Waals surface area contributed by atoms with Crippen LogP contribution in [0, 0.1) is 13.8 Å². The monoisotopic (exact) mass is 394 g/mol. The topological polar surface area (TPSA) is 92.3 Å². The van der Waals surface area contributed by atoms with Crippen LogP contribution in [0.2, 0.25) is 0 Å². The van der Waals surface area contributed by atoms with Crippen molar-refractivity contribution >= 4 is 31.2 Å². The van der Waals surface area contributed by atoms with Crippen LogP contribution < -0.4 is 10.0 Å². The molecule has 1 heterocycles. The Labute approximate surface area is 154 Å².